The normalized spacial score (nSPS) is 10.8. The zero-order valence-corrected chi connectivity index (χ0v) is 16.9. The molecule has 148 valence electrons. The number of methoxy groups -OCH3 is 1. The lowest BCUT2D eigenvalue weighted by Gasteiger charge is -2.09. The maximum absolute atomic E-state index is 11.3. The van der Waals surface area contributed by atoms with Crippen molar-refractivity contribution in [2.24, 2.45) is 0 Å². The fourth-order valence-electron chi connectivity index (χ4n) is 3.45. The smallest absolute Gasteiger partial charge is 0.335 e. The van der Waals surface area contributed by atoms with Crippen molar-refractivity contribution in [3.63, 3.8) is 0 Å². The Bertz CT molecular complexity index is 496. The van der Waals surface area contributed by atoms with E-state index in [9.17, 15) is 9.90 Å². The van der Waals surface area contributed by atoms with E-state index in [0.717, 1.165) is 24.2 Å². The van der Waals surface area contributed by atoms with Gasteiger partial charge in [0.1, 0.15) is 5.75 Å². The number of ether oxygens (including phenoxy) is 1. The van der Waals surface area contributed by atoms with Crippen LogP contribution in [-0.4, -0.2) is 18.2 Å². The van der Waals surface area contributed by atoms with Gasteiger partial charge in [-0.05, 0) is 36.6 Å². The highest BCUT2D eigenvalue weighted by Crippen LogP contribution is 2.20. The molecule has 0 aliphatic carbocycles. The maximum atomic E-state index is 11.3. The third-order valence-electron chi connectivity index (χ3n) is 5.09. The number of carboxylic acids is 1. The Balaban J connectivity index is 2.06. The third kappa shape index (κ3) is 9.84. The number of aromatic carboxylic acids is 1. The molecule has 0 aliphatic heterocycles. The lowest BCUT2D eigenvalue weighted by Crippen LogP contribution is -2.03. The molecule has 0 fully saturated rings. The largest absolute Gasteiger partial charge is 0.497 e. The van der Waals surface area contributed by atoms with Crippen molar-refractivity contribution in [2.75, 3.05) is 7.11 Å². The number of unbranched alkanes of at least 4 members (excludes halogenated alkanes) is 12. The van der Waals surface area contributed by atoms with Gasteiger partial charge in [0.15, 0.2) is 0 Å². The minimum atomic E-state index is -0.850. The number of hydrogen-bond donors (Lipinski definition) is 1. The zero-order valence-electron chi connectivity index (χ0n) is 16.9. The first-order chi connectivity index (χ1) is 12.7. The third-order valence-corrected chi connectivity index (χ3v) is 5.09. The van der Waals surface area contributed by atoms with Crippen LogP contribution >= 0.6 is 0 Å². The molecule has 3 nitrogen and oxygen atoms in total. The highest BCUT2D eigenvalue weighted by Gasteiger charge is 2.10. The lowest BCUT2D eigenvalue weighted by molar-refractivity contribution is 0.0695. The number of aryl methyl sites for hydroxylation is 1. The van der Waals surface area contributed by atoms with Crippen LogP contribution in [0.1, 0.15) is 106 Å². The first-order valence-electron chi connectivity index (χ1n) is 10.6. The van der Waals surface area contributed by atoms with Crippen LogP contribution in [0.5, 0.6) is 5.75 Å². The molecule has 1 aromatic carbocycles. The van der Waals surface area contributed by atoms with E-state index in [1.807, 2.05) is 6.07 Å². The average Bonchev–Trinajstić information content (AvgIpc) is 2.65. The van der Waals surface area contributed by atoms with Crippen LogP contribution < -0.4 is 4.74 Å². The molecule has 0 bridgehead atoms. The zero-order chi connectivity index (χ0) is 19.0. The van der Waals surface area contributed by atoms with E-state index in [0.29, 0.717) is 5.56 Å². The van der Waals surface area contributed by atoms with Gasteiger partial charge in [-0.3, -0.25) is 0 Å². The summed E-state index contributed by atoms with van der Waals surface area (Å²) in [5.74, 6) is -0.114. The van der Waals surface area contributed by atoms with Gasteiger partial charge in [0.2, 0.25) is 0 Å². The van der Waals surface area contributed by atoms with Crippen LogP contribution in [0.15, 0.2) is 18.2 Å². The second-order valence-corrected chi connectivity index (χ2v) is 7.32. The molecule has 1 aromatic rings. The number of carboxylic acid groups (broad SMARTS) is 1. The van der Waals surface area contributed by atoms with Crippen LogP contribution in [0, 0.1) is 0 Å². The minimum Gasteiger partial charge on any atom is -0.497 e. The van der Waals surface area contributed by atoms with Gasteiger partial charge >= 0.3 is 5.97 Å². The number of benzene rings is 1. The average molecular weight is 363 g/mol. The summed E-state index contributed by atoms with van der Waals surface area (Å²) in [4.78, 5) is 11.3. The van der Waals surface area contributed by atoms with E-state index in [-0.39, 0.29) is 0 Å². The van der Waals surface area contributed by atoms with Gasteiger partial charge in [0.25, 0.3) is 0 Å². The number of carbonyl (C=O) groups is 1. The summed E-state index contributed by atoms with van der Waals surface area (Å²) in [7, 11) is 1.62. The van der Waals surface area contributed by atoms with Gasteiger partial charge in [-0.2, -0.15) is 0 Å². The van der Waals surface area contributed by atoms with E-state index >= 15 is 0 Å². The van der Waals surface area contributed by atoms with E-state index in [1.165, 1.54) is 77.0 Å². The van der Waals surface area contributed by atoms with Crippen LogP contribution in [0.25, 0.3) is 0 Å². The Morgan fingerprint density at radius 3 is 1.81 bits per heavy atom. The molecule has 0 aromatic heterocycles. The Labute approximate surface area is 160 Å². The SMILES string of the molecule is CCCCCCCCCCCCCCCc1cc(OC)ccc1C(=O)O. The summed E-state index contributed by atoms with van der Waals surface area (Å²) in [6, 6.07) is 5.24. The van der Waals surface area contributed by atoms with Gasteiger partial charge in [-0.25, -0.2) is 4.79 Å². The Hall–Kier alpha value is -1.51. The van der Waals surface area contributed by atoms with Gasteiger partial charge in [-0.15, -0.1) is 0 Å². The summed E-state index contributed by atoms with van der Waals surface area (Å²) in [6.07, 6.45) is 18.0. The lowest BCUT2D eigenvalue weighted by atomic mass is 9.99. The second-order valence-electron chi connectivity index (χ2n) is 7.32. The summed E-state index contributed by atoms with van der Waals surface area (Å²) >= 11 is 0. The maximum Gasteiger partial charge on any atom is 0.335 e. The van der Waals surface area contributed by atoms with Crippen LogP contribution in [0.2, 0.25) is 0 Å². The van der Waals surface area contributed by atoms with Crippen molar-refractivity contribution < 1.29 is 14.6 Å². The molecule has 0 atom stereocenters. The summed E-state index contributed by atoms with van der Waals surface area (Å²) in [6.45, 7) is 2.27. The standard InChI is InChI=1S/C23H38O3/c1-3-4-5-6-7-8-9-10-11-12-13-14-15-16-20-19-21(26-2)17-18-22(20)23(24)25/h17-19H,3-16H2,1-2H3,(H,24,25). The Morgan fingerprint density at radius 2 is 1.35 bits per heavy atom. The molecule has 0 radical (unpaired) electrons. The molecule has 26 heavy (non-hydrogen) atoms. The topological polar surface area (TPSA) is 46.5 Å². The molecule has 0 saturated heterocycles. The summed E-state index contributed by atoms with van der Waals surface area (Å²) in [5.41, 5.74) is 1.30. The van der Waals surface area contributed by atoms with Gasteiger partial charge in [0.05, 0.1) is 12.7 Å². The predicted molar refractivity (Wildman–Crippen MR) is 109 cm³/mol. The van der Waals surface area contributed by atoms with Gasteiger partial charge in [-0.1, -0.05) is 84.0 Å². The summed E-state index contributed by atoms with van der Waals surface area (Å²) in [5, 5.41) is 9.29. The monoisotopic (exact) mass is 362 g/mol. The van der Waals surface area contributed by atoms with Crippen molar-refractivity contribution in [1.82, 2.24) is 0 Å². The molecular weight excluding hydrogens is 324 g/mol. The van der Waals surface area contributed by atoms with Crippen molar-refractivity contribution in [3.8, 4) is 5.75 Å². The predicted octanol–water partition coefficient (Wildman–Crippen LogP) is 7.03. The molecule has 0 unspecified atom stereocenters. The van der Waals surface area contributed by atoms with E-state index in [2.05, 4.69) is 6.92 Å². The Morgan fingerprint density at radius 1 is 0.846 bits per heavy atom. The summed E-state index contributed by atoms with van der Waals surface area (Å²) < 4.78 is 5.22. The molecule has 0 amide bonds. The molecule has 3 heteroatoms. The van der Waals surface area contributed by atoms with Gasteiger partial charge in [0, 0.05) is 0 Å². The van der Waals surface area contributed by atoms with Crippen molar-refractivity contribution >= 4 is 5.97 Å². The van der Waals surface area contributed by atoms with E-state index in [4.69, 9.17) is 4.74 Å². The fraction of sp³-hybridized carbons (Fsp3) is 0.696. The van der Waals surface area contributed by atoms with E-state index in [1.54, 1.807) is 19.2 Å². The molecule has 0 aliphatic rings. The van der Waals surface area contributed by atoms with Crippen LogP contribution in [0.3, 0.4) is 0 Å². The minimum absolute atomic E-state index is 0.407. The van der Waals surface area contributed by atoms with Gasteiger partial charge < -0.3 is 9.84 Å². The van der Waals surface area contributed by atoms with E-state index < -0.39 is 5.97 Å². The molecule has 0 heterocycles. The molecule has 1 N–H and O–H groups in total. The fourth-order valence-corrected chi connectivity index (χ4v) is 3.45. The van der Waals surface area contributed by atoms with Crippen LogP contribution in [0.4, 0.5) is 0 Å². The molecular formula is C23H38O3. The Kier molecular flexibility index (Phi) is 12.7. The highest BCUT2D eigenvalue weighted by molar-refractivity contribution is 5.89. The first kappa shape index (κ1) is 22.5. The molecule has 0 saturated carbocycles. The highest BCUT2D eigenvalue weighted by atomic mass is 16.5. The molecule has 1 rings (SSSR count). The van der Waals surface area contributed by atoms with Crippen molar-refractivity contribution in [2.45, 2.75) is 96.8 Å². The second kappa shape index (κ2) is 14.6. The first-order valence-corrected chi connectivity index (χ1v) is 10.6. The van der Waals surface area contributed by atoms with Crippen molar-refractivity contribution in [3.05, 3.63) is 29.3 Å². The van der Waals surface area contributed by atoms with Crippen LogP contribution in [-0.2, 0) is 6.42 Å². The number of hydrogen-bond acceptors (Lipinski definition) is 2. The van der Waals surface area contributed by atoms with Crippen molar-refractivity contribution in [1.29, 1.82) is 0 Å². The number of rotatable bonds is 16. The molecule has 0 spiro atoms. The quantitative estimate of drug-likeness (QED) is 0.321.